The second-order valence-corrected chi connectivity index (χ2v) is 11.8. The molecule has 1 atom stereocenters. The van der Waals surface area contributed by atoms with Crippen LogP contribution in [0.25, 0.3) is 11.3 Å². The Morgan fingerprint density at radius 1 is 1.26 bits per heavy atom. The van der Waals surface area contributed by atoms with Crippen molar-refractivity contribution in [3.63, 3.8) is 0 Å². The van der Waals surface area contributed by atoms with E-state index in [9.17, 15) is 23.6 Å². The summed E-state index contributed by atoms with van der Waals surface area (Å²) in [6.07, 6.45) is 5.29. The van der Waals surface area contributed by atoms with E-state index in [1.807, 2.05) is 0 Å². The van der Waals surface area contributed by atoms with Gasteiger partial charge in [-0.25, -0.2) is 18.4 Å². The largest absolute Gasteiger partial charge is 0.391 e. The quantitative estimate of drug-likeness (QED) is 0.436. The highest BCUT2D eigenvalue weighted by Crippen LogP contribution is 2.35. The van der Waals surface area contributed by atoms with E-state index < -0.39 is 21.7 Å². The number of hydrogen-bond donors (Lipinski definition) is 2. The molecule has 1 amide bonds. The molecule has 2 saturated heterocycles. The van der Waals surface area contributed by atoms with Gasteiger partial charge in [-0.15, -0.1) is 0 Å². The summed E-state index contributed by atoms with van der Waals surface area (Å²) >= 11 is 0. The molecule has 5 rings (SSSR count). The number of aromatic nitrogens is 4. The zero-order valence-electron chi connectivity index (χ0n) is 20.9. The van der Waals surface area contributed by atoms with Crippen molar-refractivity contribution in [2.24, 2.45) is 0 Å². The molecule has 12 nitrogen and oxygen atoms in total. The molecule has 1 aromatic carbocycles. The van der Waals surface area contributed by atoms with Crippen LogP contribution in [0.3, 0.4) is 0 Å². The molecule has 0 aliphatic carbocycles. The number of carbonyl (C=O) groups excluding carboxylic acids is 1. The Labute approximate surface area is 220 Å². The van der Waals surface area contributed by atoms with Crippen LogP contribution in [0.1, 0.15) is 30.1 Å². The monoisotopic (exact) mass is 536 g/mol. The van der Waals surface area contributed by atoms with Crippen molar-refractivity contribution in [2.45, 2.75) is 31.4 Å². The maximum atomic E-state index is 12.6. The van der Waals surface area contributed by atoms with Gasteiger partial charge in [0.25, 0.3) is 5.91 Å². The van der Waals surface area contributed by atoms with Gasteiger partial charge in [-0.1, -0.05) is 0 Å². The third-order valence-corrected chi connectivity index (χ3v) is 8.74. The lowest BCUT2D eigenvalue weighted by Gasteiger charge is -2.47. The van der Waals surface area contributed by atoms with Gasteiger partial charge in [-0.05, 0) is 43.7 Å². The van der Waals surface area contributed by atoms with Gasteiger partial charge in [-0.3, -0.25) is 9.48 Å². The molecule has 13 heteroatoms. The molecule has 0 spiro atoms. The molecule has 0 saturated carbocycles. The van der Waals surface area contributed by atoms with Gasteiger partial charge in [0.1, 0.15) is 5.54 Å². The number of nitriles is 1. The van der Waals surface area contributed by atoms with E-state index in [4.69, 9.17) is 0 Å². The molecule has 0 radical (unpaired) electrons. The van der Waals surface area contributed by atoms with Crippen LogP contribution in [0.15, 0.2) is 48.9 Å². The summed E-state index contributed by atoms with van der Waals surface area (Å²) in [5.41, 5.74) is 1.85. The minimum atomic E-state index is -3.33. The Hall–Kier alpha value is -3.86. The zero-order chi connectivity index (χ0) is 26.9. The standard InChI is InChI=1S/C25H28N8O4S/c1-2-38(36,37)32-16-25(17-32,9-10-26)33-14-19(13-28-33)22-7-11-27-24(30-22)29-20-5-3-18(4-6-20)23(35)31-12-8-21(34)15-31/h3-7,11,13-14,21,34H,2,8-9,12,15-17H2,1H3,(H,27,29,30). The number of sulfonamides is 1. The van der Waals surface area contributed by atoms with Crippen LogP contribution < -0.4 is 5.32 Å². The minimum absolute atomic E-state index is 0.0122. The number of nitrogens with zero attached hydrogens (tertiary/aromatic N) is 7. The first kappa shape index (κ1) is 25.8. The molecular formula is C25H28N8O4S. The summed E-state index contributed by atoms with van der Waals surface area (Å²) in [7, 11) is -3.33. The fraction of sp³-hybridized carbons (Fsp3) is 0.400. The highest BCUT2D eigenvalue weighted by Gasteiger charge is 2.49. The molecule has 2 aromatic heterocycles. The van der Waals surface area contributed by atoms with Crippen molar-refractivity contribution in [3.05, 3.63) is 54.5 Å². The number of anilines is 2. The van der Waals surface area contributed by atoms with E-state index in [1.165, 1.54) is 4.31 Å². The second kappa shape index (κ2) is 10.1. The Kier molecular flexibility index (Phi) is 6.87. The van der Waals surface area contributed by atoms with Crippen LogP contribution in [0.5, 0.6) is 0 Å². The van der Waals surface area contributed by atoms with Crippen LogP contribution in [-0.4, -0.2) is 86.4 Å². The molecule has 4 heterocycles. The normalized spacial score (nSPS) is 19.1. The highest BCUT2D eigenvalue weighted by atomic mass is 32.2. The molecule has 2 aliphatic rings. The van der Waals surface area contributed by atoms with Gasteiger partial charge in [0, 0.05) is 55.4 Å². The summed E-state index contributed by atoms with van der Waals surface area (Å²) in [4.78, 5) is 23.1. The number of rotatable bonds is 8. The molecule has 1 unspecified atom stereocenters. The predicted octanol–water partition coefficient (Wildman–Crippen LogP) is 1.56. The molecule has 2 fully saturated rings. The van der Waals surface area contributed by atoms with Gasteiger partial charge < -0.3 is 15.3 Å². The lowest BCUT2D eigenvalue weighted by molar-refractivity contribution is 0.0719. The van der Waals surface area contributed by atoms with Gasteiger partial charge in [0.05, 0.1) is 36.2 Å². The molecule has 2 aliphatic heterocycles. The van der Waals surface area contributed by atoms with Crippen LogP contribution in [-0.2, 0) is 15.6 Å². The number of benzene rings is 1. The maximum absolute atomic E-state index is 12.6. The van der Waals surface area contributed by atoms with E-state index in [-0.39, 0.29) is 31.2 Å². The smallest absolute Gasteiger partial charge is 0.253 e. The number of nitrogens with one attached hydrogen (secondary N) is 1. The maximum Gasteiger partial charge on any atom is 0.253 e. The van der Waals surface area contributed by atoms with Gasteiger partial charge in [0.15, 0.2) is 0 Å². The summed E-state index contributed by atoms with van der Waals surface area (Å²) in [6.45, 7) is 2.90. The topological polar surface area (TPSA) is 157 Å². The summed E-state index contributed by atoms with van der Waals surface area (Å²) < 4.78 is 27.5. The minimum Gasteiger partial charge on any atom is -0.391 e. The van der Waals surface area contributed by atoms with Crippen molar-refractivity contribution in [2.75, 3.05) is 37.2 Å². The Bertz CT molecular complexity index is 1480. The number of β-amino-alcohol motifs (C(OH)–C–C–N with tert-alkyl or cyclic N) is 1. The third kappa shape index (κ3) is 4.98. The Balaban J connectivity index is 1.28. The van der Waals surface area contributed by atoms with Crippen molar-refractivity contribution < 1.29 is 18.3 Å². The summed E-state index contributed by atoms with van der Waals surface area (Å²) in [6, 6.07) is 10.9. The van der Waals surface area contributed by atoms with Crippen LogP contribution in [0.2, 0.25) is 0 Å². The number of aliphatic hydroxyl groups excluding tert-OH is 1. The molecule has 2 N–H and O–H groups in total. The van der Waals surface area contributed by atoms with Crippen LogP contribution >= 0.6 is 0 Å². The van der Waals surface area contributed by atoms with Crippen molar-refractivity contribution in [1.29, 1.82) is 5.26 Å². The lowest BCUT2D eigenvalue weighted by atomic mass is 9.89. The van der Waals surface area contributed by atoms with E-state index in [2.05, 4.69) is 26.5 Å². The van der Waals surface area contributed by atoms with Crippen LogP contribution in [0, 0.1) is 11.3 Å². The fourth-order valence-corrected chi connectivity index (χ4v) is 5.94. The number of hydrogen-bond acceptors (Lipinski definition) is 9. The number of likely N-dealkylation sites (tertiary alicyclic amines) is 1. The lowest BCUT2D eigenvalue weighted by Crippen LogP contribution is -2.64. The molecule has 38 heavy (non-hydrogen) atoms. The number of carbonyl (C=O) groups is 1. The Morgan fingerprint density at radius 3 is 2.68 bits per heavy atom. The first-order valence-electron chi connectivity index (χ1n) is 12.3. The molecule has 3 aromatic rings. The third-order valence-electron chi connectivity index (χ3n) is 6.97. The van der Waals surface area contributed by atoms with Gasteiger partial charge in [0.2, 0.25) is 16.0 Å². The first-order valence-corrected chi connectivity index (χ1v) is 13.9. The van der Waals surface area contributed by atoms with Crippen molar-refractivity contribution >= 4 is 27.6 Å². The average molecular weight is 537 g/mol. The van der Waals surface area contributed by atoms with Gasteiger partial charge in [-0.2, -0.15) is 14.7 Å². The average Bonchev–Trinajstić information content (AvgIpc) is 3.56. The highest BCUT2D eigenvalue weighted by molar-refractivity contribution is 7.89. The second-order valence-electron chi connectivity index (χ2n) is 9.56. The van der Waals surface area contributed by atoms with Crippen molar-refractivity contribution in [1.82, 2.24) is 29.0 Å². The first-order chi connectivity index (χ1) is 18.2. The van der Waals surface area contributed by atoms with Crippen LogP contribution in [0.4, 0.5) is 11.6 Å². The molecule has 0 bridgehead atoms. The van der Waals surface area contributed by atoms with E-state index >= 15 is 0 Å². The van der Waals surface area contributed by atoms with E-state index in [0.29, 0.717) is 48.0 Å². The predicted molar refractivity (Wildman–Crippen MR) is 139 cm³/mol. The Morgan fingerprint density at radius 2 is 2.03 bits per heavy atom. The summed E-state index contributed by atoms with van der Waals surface area (Å²) in [5, 5.41) is 26.6. The number of amides is 1. The fourth-order valence-electron chi connectivity index (χ4n) is 4.70. The summed E-state index contributed by atoms with van der Waals surface area (Å²) in [5.74, 6) is 0.255. The molecular weight excluding hydrogens is 508 g/mol. The molecule has 198 valence electrons. The van der Waals surface area contributed by atoms with E-state index in [1.54, 1.807) is 65.4 Å². The zero-order valence-corrected chi connectivity index (χ0v) is 21.7. The number of aliphatic hydroxyl groups is 1. The van der Waals surface area contributed by atoms with Crippen molar-refractivity contribution in [3.8, 4) is 17.3 Å². The SMILES string of the molecule is CCS(=O)(=O)N1CC(CC#N)(n2cc(-c3ccnc(Nc4ccc(C(=O)N5CCC(O)C5)cc4)n3)cn2)C1. The van der Waals surface area contributed by atoms with Gasteiger partial charge >= 0.3 is 0 Å². The van der Waals surface area contributed by atoms with E-state index in [0.717, 1.165) is 0 Å².